The van der Waals surface area contributed by atoms with Crippen molar-refractivity contribution in [1.82, 2.24) is 0 Å². The van der Waals surface area contributed by atoms with Gasteiger partial charge in [-0.2, -0.15) is 0 Å². The average Bonchev–Trinajstić information content (AvgIpc) is 2.76. The van der Waals surface area contributed by atoms with E-state index < -0.39 is 6.04 Å². The van der Waals surface area contributed by atoms with Crippen molar-refractivity contribution in [3.8, 4) is 5.75 Å². The lowest BCUT2D eigenvalue weighted by molar-refractivity contribution is -0.121. The van der Waals surface area contributed by atoms with Gasteiger partial charge in [0.15, 0.2) is 0 Å². The quantitative estimate of drug-likeness (QED) is 0.854. The molecule has 112 valence electrons. The first-order valence-electron chi connectivity index (χ1n) is 6.73. The highest BCUT2D eigenvalue weighted by molar-refractivity contribution is 6.33. The molecule has 0 bridgehead atoms. The predicted molar refractivity (Wildman–Crippen MR) is 84.1 cm³/mol. The van der Waals surface area contributed by atoms with E-state index in [0.717, 1.165) is 4.90 Å². The summed E-state index contributed by atoms with van der Waals surface area (Å²) in [7, 11) is 0. The molecule has 0 spiro atoms. The standard InChI is InChI=1S/C16H13ClN2O3/c17-12-6-1-2-7-13(12)18-14-9-15(21)19(16(14)22)10-4-3-5-11(20)8-10/h1-8,14,18,20H,9H2. The molecule has 1 fully saturated rings. The van der Waals surface area contributed by atoms with E-state index in [-0.39, 0.29) is 24.0 Å². The highest BCUT2D eigenvalue weighted by Crippen LogP contribution is 2.29. The van der Waals surface area contributed by atoms with Gasteiger partial charge in [0.05, 0.1) is 22.8 Å². The first-order chi connectivity index (χ1) is 10.6. The Labute approximate surface area is 132 Å². The minimum absolute atomic E-state index is 0.000568. The molecule has 0 radical (unpaired) electrons. The number of nitrogens with zero attached hydrogens (tertiary/aromatic N) is 1. The van der Waals surface area contributed by atoms with E-state index in [0.29, 0.717) is 16.4 Å². The Bertz CT molecular complexity index is 748. The molecule has 0 saturated carbocycles. The highest BCUT2D eigenvalue weighted by atomic mass is 35.5. The van der Waals surface area contributed by atoms with E-state index in [1.807, 2.05) is 0 Å². The van der Waals surface area contributed by atoms with Crippen LogP contribution in [0.1, 0.15) is 6.42 Å². The molecule has 1 aliphatic rings. The molecule has 3 rings (SSSR count). The van der Waals surface area contributed by atoms with Gasteiger partial charge < -0.3 is 10.4 Å². The molecule has 0 aliphatic carbocycles. The number of hydrogen-bond acceptors (Lipinski definition) is 4. The smallest absolute Gasteiger partial charge is 0.256 e. The maximum absolute atomic E-state index is 12.5. The summed E-state index contributed by atoms with van der Waals surface area (Å²) in [6.07, 6.45) is 0.0414. The predicted octanol–water partition coefficient (Wildman–Crippen LogP) is 2.79. The zero-order chi connectivity index (χ0) is 15.7. The first kappa shape index (κ1) is 14.4. The molecule has 6 heteroatoms. The second-order valence-electron chi connectivity index (χ2n) is 4.97. The normalized spacial score (nSPS) is 17.9. The lowest BCUT2D eigenvalue weighted by Crippen LogP contribution is -2.34. The summed E-state index contributed by atoms with van der Waals surface area (Å²) in [4.78, 5) is 25.7. The van der Waals surface area contributed by atoms with Crippen LogP contribution in [0.5, 0.6) is 5.75 Å². The van der Waals surface area contributed by atoms with Crippen molar-refractivity contribution in [2.45, 2.75) is 12.5 Å². The number of carbonyl (C=O) groups excluding carboxylic acids is 2. The summed E-state index contributed by atoms with van der Waals surface area (Å²) in [5.74, 6) is -0.684. The van der Waals surface area contributed by atoms with Gasteiger partial charge in [0, 0.05) is 6.07 Å². The number of rotatable bonds is 3. The monoisotopic (exact) mass is 316 g/mol. The van der Waals surface area contributed by atoms with Crippen molar-refractivity contribution in [2.24, 2.45) is 0 Å². The largest absolute Gasteiger partial charge is 0.508 e. The molecule has 1 saturated heterocycles. The molecule has 2 aromatic rings. The van der Waals surface area contributed by atoms with Gasteiger partial charge in [0.1, 0.15) is 11.8 Å². The topological polar surface area (TPSA) is 69.6 Å². The molecule has 2 amide bonds. The minimum Gasteiger partial charge on any atom is -0.508 e. The number of phenols is 1. The van der Waals surface area contributed by atoms with Crippen LogP contribution < -0.4 is 10.2 Å². The fourth-order valence-corrected chi connectivity index (χ4v) is 2.60. The molecule has 1 heterocycles. The van der Waals surface area contributed by atoms with Crippen LogP contribution in [0.2, 0.25) is 5.02 Å². The Morgan fingerprint density at radius 2 is 1.91 bits per heavy atom. The van der Waals surface area contributed by atoms with Crippen LogP contribution in [0.15, 0.2) is 48.5 Å². The van der Waals surface area contributed by atoms with Crippen LogP contribution in [-0.2, 0) is 9.59 Å². The van der Waals surface area contributed by atoms with E-state index in [9.17, 15) is 14.7 Å². The number of imide groups is 1. The second-order valence-corrected chi connectivity index (χ2v) is 5.38. The van der Waals surface area contributed by atoms with Crippen LogP contribution in [0.25, 0.3) is 0 Å². The Morgan fingerprint density at radius 1 is 1.14 bits per heavy atom. The Hall–Kier alpha value is -2.53. The summed E-state index contributed by atoms with van der Waals surface area (Å²) in [5, 5.41) is 13.0. The van der Waals surface area contributed by atoms with Crippen molar-refractivity contribution in [1.29, 1.82) is 0 Å². The number of anilines is 2. The zero-order valence-corrected chi connectivity index (χ0v) is 12.2. The fourth-order valence-electron chi connectivity index (χ4n) is 2.41. The van der Waals surface area contributed by atoms with Crippen LogP contribution in [0, 0.1) is 0 Å². The van der Waals surface area contributed by atoms with Gasteiger partial charge in [-0.25, -0.2) is 4.90 Å². The van der Waals surface area contributed by atoms with Gasteiger partial charge in [0.2, 0.25) is 5.91 Å². The van der Waals surface area contributed by atoms with Gasteiger partial charge in [-0.3, -0.25) is 9.59 Å². The molecule has 22 heavy (non-hydrogen) atoms. The molecule has 2 aromatic carbocycles. The SMILES string of the molecule is O=C1CC(Nc2ccccc2Cl)C(=O)N1c1cccc(O)c1. The third kappa shape index (κ3) is 2.63. The van der Waals surface area contributed by atoms with Crippen molar-refractivity contribution >= 4 is 34.8 Å². The number of nitrogens with one attached hydrogen (secondary N) is 1. The van der Waals surface area contributed by atoms with Crippen molar-refractivity contribution in [3.05, 3.63) is 53.6 Å². The van der Waals surface area contributed by atoms with Crippen molar-refractivity contribution < 1.29 is 14.7 Å². The maximum atomic E-state index is 12.5. The number of benzene rings is 2. The third-order valence-electron chi connectivity index (χ3n) is 3.44. The summed E-state index contributed by atoms with van der Waals surface area (Å²) in [6, 6.07) is 12.4. The van der Waals surface area contributed by atoms with Crippen LogP contribution >= 0.6 is 11.6 Å². The third-order valence-corrected chi connectivity index (χ3v) is 3.77. The van der Waals surface area contributed by atoms with Crippen LogP contribution in [-0.4, -0.2) is 23.0 Å². The molecular weight excluding hydrogens is 304 g/mol. The molecule has 1 unspecified atom stereocenters. The van der Waals surface area contributed by atoms with Crippen LogP contribution in [0.3, 0.4) is 0 Å². The first-order valence-corrected chi connectivity index (χ1v) is 7.11. The number of phenolic OH excluding ortho intramolecular Hbond substituents is 1. The zero-order valence-electron chi connectivity index (χ0n) is 11.5. The molecule has 0 aromatic heterocycles. The summed E-state index contributed by atoms with van der Waals surface area (Å²) >= 11 is 6.06. The lowest BCUT2D eigenvalue weighted by Gasteiger charge is -2.16. The molecule has 1 aliphatic heterocycles. The van der Waals surface area contributed by atoms with Gasteiger partial charge in [0.25, 0.3) is 5.91 Å². The van der Waals surface area contributed by atoms with Crippen molar-refractivity contribution in [3.63, 3.8) is 0 Å². The van der Waals surface area contributed by atoms with E-state index in [1.54, 1.807) is 36.4 Å². The number of para-hydroxylation sites is 1. The number of carbonyl (C=O) groups is 2. The average molecular weight is 317 g/mol. The van der Waals surface area contributed by atoms with E-state index in [4.69, 9.17) is 11.6 Å². The minimum atomic E-state index is -0.672. The number of amides is 2. The van der Waals surface area contributed by atoms with Gasteiger partial charge in [-0.15, -0.1) is 0 Å². The lowest BCUT2D eigenvalue weighted by atomic mass is 10.2. The Kier molecular flexibility index (Phi) is 3.73. The van der Waals surface area contributed by atoms with Crippen molar-refractivity contribution in [2.75, 3.05) is 10.2 Å². The Balaban J connectivity index is 1.84. The summed E-state index contributed by atoms with van der Waals surface area (Å²) in [5.41, 5.74) is 0.964. The van der Waals surface area contributed by atoms with Gasteiger partial charge in [-0.05, 0) is 24.3 Å². The molecule has 5 nitrogen and oxygen atoms in total. The molecular formula is C16H13ClN2O3. The number of aromatic hydroxyl groups is 1. The molecule has 1 atom stereocenters. The highest BCUT2D eigenvalue weighted by Gasteiger charge is 2.39. The number of halogens is 1. The summed E-state index contributed by atoms with van der Waals surface area (Å²) < 4.78 is 0. The van der Waals surface area contributed by atoms with Gasteiger partial charge in [-0.1, -0.05) is 29.8 Å². The van der Waals surface area contributed by atoms with E-state index >= 15 is 0 Å². The van der Waals surface area contributed by atoms with Gasteiger partial charge >= 0.3 is 0 Å². The fraction of sp³-hybridized carbons (Fsp3) is 0.125. The summed E-state index contributed by atoms with van der Waals surface area (Å²) in [6.45, 7) is 0. The Morgan fingerprint density at radius 3 is 2.64 bits per heavy atom. The van der Waals surface area contributed by atoms with E-state index in [1.165, 1.54) is 12.1 Å². The van der Waals surface area contributed by atoms with Crippen LogP contribution in [0.4, 0.5) is 11.4 Å². The van der Waals surface area contributed by atoms with E-state index in [2.05, 4.69) is 5.32 Å². The maximum Gasteiger partial charge on any atom is 0.256 e. The second kappa shape index (κ2) is 5.69. The molecule has 2 N–H and O–H groups in total. The number of hydrogen-bond donors (Lipinski definition) is 2.